The van der Waals surface area contributed by atoms with Crippen LogP contribution in [0.5, 0.6) is 0 Å². The standard InChI is InChI=1S/C6H12Cl2O/c1-5(2)3-6(8,9)4-7/h5,9H,3-4H2,1-2H3. The molecule has 0 rings (SSSR count). The molecule has 0 saturated heterocycles. The SMILES string of the molecule is CC(C)CC(O)(Cl)CCl. The van der Waals surface area contributed by atoms with E-state index < -0.39 is 5.06 Å². The van der Waals surface area contributed by atoms with Gasteiger partial charge in [0.15, 0.2) is 5.06 Å². The van der Waals surface area contributed by atoms with Crippen molar-refractivity contribution in [1.29, 1.82) is 0 Å². The summed E-state index contributed by atoms with van der Waals surface area (Å²) in [6.07, 6.45) is 0.540. The summed E-state index contributed by atoms with van der Waals surface area (Å²) in [5.74, 6) is 0.471. The van der Waals surface area contributed by atoms with Gasteiger partial charge in [-0.1, -0.05) is 25.4 Å². The van der Waals surface area contributed by atoms with Crippen molar-refractivity contribution in [3.8, 4) is 0 Å². The van der Waals surface area contributed by atoms with Gasteiger partial charge < -0.3 is 5.11 Å². The van der Waals surface area contributed by atoms with Crippen molar-refractivity contribution < 1.29 is 5.11 Å². The fraction of sp³-hybridized carbons (Fsp3) is 1.00. The molecule has 56 valence electrons. The lowest BCUT2D eigenvalue weighted by molar-refractivity contribution is 0.127. The van der Waals surface area contributed by atoms with Crippen LogP contribution in [0.15, 0.2) is 0 Å². The number of halogens is 2. The summed E-state index contributed by atoms with van der Waals surface area (Å²) in [6, 6.07) is 0. The van der Waals surface area contributed by atoms with E-state index >= 15 is 0 Å². The van der Waals surface area contributed by atoms with Gasteiger partial charge in [-0.2, -0.15) is 0 Å². The monoisotopic (exact) mass is 170 g/mol. The van der Waals surface area contributed by atoms with Crippen LogP contribution in [0, 0.1) is 5.92 Å². The zero-order valence-electron chi connectivity index (χ0n) is 5.69. The third kappa shape index (κ3) is 5.01. The zero-order valence-corrected chi connectivity index (χ0v) is 7.21. The molecular weight excluding hydrogens is 159 g/mol. The summed E-state index contributed by atoms with van der Waals surface area (Å²) in [4.78, 5) is 0. The van der Waals surface area contributed by atoms with Crippen molar-refractivity contribution in [3.05, 3.63) is 0 Å². The van der Waals surface area contributed by atoms with Crippen LogP contribution in [0.1, 0.15) is 20.3 Å². The Kier molecular flexibility index (Phi) is 3.86. The molecule has 1 N–H and O–H groups in total. The fourth-order valence-electron chi connectivity index (χ4n) is 0.680. The number of rotatable bonds is 3. The highest BCUT2D eigenvalue weighted by Crippen LogP contribution is 2.22. The summed E-state index contributed by atoms with van der Waals surface area (Å²) in [5.41, 5.74) is 0. The largest absolute Gasteiger partial charge is 0.374 e. The maximum absolute atomic E-state index is 9.13. The van der Waals surface area contributed by atoms with Crippen molar-refractivity contribution in [1.82, 2.24) is 0 Å². The lowest BCUT2D eigenvalue weighted by atomic mass is 10.1. The van der Waals surface area contributed by atoms with Crippen LogP contribution < -0.4 is 0 Å². The minimum absolute atomic E-state index is 0.0900. The van der Waals surface area contributed by atoms with Gasteiger partial charge in [0.25, 0.3) is 0 Å². The van der Waals surface area contributed by atoms with Crippen LogP contribution >= 0.6 is 23.2 Å². The van der Waals surface area contributed by atoms with Gasteiger partial charge in [-0.25, -0.2) is 0 Å². The van der Waals surface area contributed by atoms with Crippen LogP contribution in [-0.2, 0) is 0 Å². The Hall–Kier alpha value is 0.540. The molecule has 1 unspecified atom stereocenters. The summed E-state index contributed by atoms with van der Waals surface area (Å²) in [6.45, 7) is 3.97. The van der Waals surface area contributed by atoms with Crippen molar-refractivity contribution in [2.45, 2.75) is 25.3 Å². The first-order chi connectivity index (χ1) is 3.98. The Balaban J connectivity index is 3.58. The highest BCUT2D eigenvalue weighted by atomic mass is 35.5. The van der Waals surface area contributed by atoms with E-state index in [0.717, 1.165) is 0 Å². The third-order valence-corrected chi connectivity index (χ3v) is 1.79. The minimum Gasteiger partial charge on any atom is -0.374 e. The molecule has 0 aliphatic carbocycles. The molecule has 9 heavy (non-hydrogen) atoms. The predicted molar refractivity (Wildman–Crippen MR) is 41.0 cm³/mol. The molecule has 0 aromatic heterocycles. The molecule has 0 aliphatic heterocycles. The first kappa shape index (κ1) is 9.54. The molecule has 0 amide bonds. The van der Waals surface area contributed by atoms with E-state index in [0.29, 0.717) is 12.3 Å². The van der Waals surface area contributed by atoms with Crippen LogP contribution in [0.2, 0.25) is 0 Å². The van der Waals surface area contributed by atoms with Gasteiger partial charge in [-0.15, -0.1) is 11.6 Å². The molecular formula is C6H12Cl2O. The second kappa shape index (κ2) is 3.65. The smallest absolute Gasteiger partial charge is 0.152 e. The second-order valence-corrected chi connectivity index (χ2v) is 3.62. The molecule has 0 aliphatic rings. The Morgan fingerprint density at radius 2 is 2.00 bits per heavy atom. The Labute approximate surface area is 66.0 Å². The van der Waals surface area contributed by atoms with E-state index in [1.165, 1.54) is 0 Å². The lowest BCUT2D eigenvalue weighted by Gasteiger charge is -2.18. The first-order valence-electron chi connectivity index (χ1n) is 2.95. The van der Waals surface area contributed by atoms with Gasteiger partial charge >= 0.3 is 0 Å². The molecule has 0 spiro atoms. The lowest BCUT2D eigenvalue weighted by Crippen LogP contribution is -2.24. The summed E-state index contributed by atoms with van der Waals surface area (Å²) < 4.78 is 0. The predicted octanol–water partition coefficient (Wildman–Crippen LogP) is 2.20. The van der Waals surface area contributed by atoms with Gasteiger partial charge in [0.1, 0.15) is 0 Å². The fourth-order valence-corrected chi connectivity index (χ4v) is 1.10. The van der Waals surface area contributed by atoms with Gasteiger partial charge in [-0.3, -0.25) is 0 Å². The molecule has 1 nitrogen and oxygen atoms in total. The molecule has 0 radical (unpaired) electrons. The van der Waals surface area contributed by atoms with Crippen LogP contribution in [0.4, 0.5) is 0 Å². The second-order valence-electron chi connectivity index (χ2n) is 2.65. The van der Waals surface area contributed by atoms with Crippen molar-refractivity contribution >= 4 is 23.2 Å². The van der Waals surface area contributed by atoms with Gasteiger partial charge in [0, 0.05) is 0 Å². The van der Waals surface area contributed by atoms with E-state index in [-0.39, 0.29) is 5.88 Å². The molecule has 3 heteroatoms. The Bertz CT molecular complexity index is 81.1. The molecule has 1 atom stereocenters. The molecule has 0 heterocycles. The van der Waals surface area contributed by atoms with Gasteiger partial charge in [0.05, 0.1) is 5.88 Å². The average molecular weight is 171 g/mol. The topological polar surface area (TPSA) is 20.2 Å². The van der Waals surface area contributed by atoms with E-state index in [2.05, 4.69) is 0 Å². The van der Waals surface area contributed by atoms with Crippen molar-refractivity contribution in [2.24, 2.45) is 5.92 Å². The van der Waals surface area contributed by atoms with E-state index in [1.807, 2.05) is 13.8 Å². The normalized spacial score (nSPS) is 18.0. The van der Waals surface area contributed by atoms with E-state index in [9.17, 15) is 0 Å². The highest BCUT2D eigenvalue weighted by molar-refractivity contribution is 6.29. The van der Waals surface area contributed by atoms with Crippen molar-refractivity contribution in [2.75, 3.05) is 5.88 Å². The van der Waals surface area contributed by atoms with E-state index in [1.54, 1.807) is 0 Å². The average Bonchev–Trinajstić information content (AvgIpc) is 1.63. The summed E-state index contributed by atoms with van der Waals surface area (Å²) >= 11 is 10.9. The third-order valence-electron chi connectivity index (χ3n) is 0.926. The highest BCUT2D eigenvalue weighted by Gasteiger charge is 2.22. The van der Waals surface area contributed by atoms with Crippen LogP contribution in [0.25, 0.3) is 0 Å². The maximum atomic E-state index is 9.13. The maximum Gasteiger partial charge on any atom is 0.152 e. The van der Waals surface area contributed by atoms with Crippen LogP contribution in [-0.4, -0.2) is 16.0 Å². The summed E-state index contributed by atoms with van der Waals surface area (Å²) in [7, 11) is 0. The number of hydrogen-bond acceptors (Lipinski definition) is 1. The number of alkyl halides is 2. The van der Waals surface area contributed by atoms with Crippen molar-refractivity contribution in [3.63, 3.8) is 0 Å². The number of hydrogen-bond donors (Lipinski definition) is 1. The first-order valence-corrected chi connectivity index (χ1v) is 3.86. The van der Waals surface area contributed by atoms with E-state index in [4.69, 9.17) is 28.3 Å². The molecule has 0 saturated carbocycles. The quantitative estimate of drug-likeness (QED) is 0.645. The molecule has 0 fully saturated rings. The van der Waals surface area contributed by atoms with Gasteiger partial charge in [-0.05, 0) is 12.3 Å². The zero-order chi connectivity index (χ0) is 7.49. The molecule has 0 aromatic rings. The minimum atomic E-state index is -1.20. The number of aliphatic hydroxyl groups is 1. The Morgan fingerprint density at radius 3 is 2.11 bits per heavy atom. The van der Waals surface area contributed by atoms with Crippen LogP contribution in [0.3, 0.4) is 0 Å². The Morgan fingerprint density at radius 1 is 1.56 bits per heavy atom. The molecule has 0 bridgehead atoms. The summed E-state index contributed by atoms with van der Waals surface area (Å²) in [5, 5.41) is 7.93. The van der Waals surface area contributed by atoms with Gasteiger partial charge in [0.2, 0.25) is 0 Å². The molecule has 0 aromatic carbocycles.